The summed E-state index contributed by atoms with van der Waals surface area (Å²) in [6, 6.07) is 18.7. The first-order valence-electron chi connectivity index (χ1n) is 9.58. The summed E-state index contributed by atoms with van der Waals surface area (Å²) in [5, 5.41) is 61.7. The first-order valence-corrected chi connectivity index (χ1v) is 9.58. The number of hydrogen-bond donors (Lipinski definition) is 5. The van der Waals surface area contributed by atoms with Crippen LogP contribution in [-0.2, 0) is 0 Å². The van der Waals surface area contributed by atoms with E-state index < -0.39 is 31.0 Å². The second-order valence-electron chi connectivity index (χ2n) is 6.99. The highest BCUT2D eigenvalue weighted by atomic mass is 16.4. The Hall–Kier alpha value is -3.28. The molecule has 0 aliphatic heterocycles. The van der Waals surface area contributed by atoms with E-state index in [1.165, 1.54) is 4.52 Å². The van der Waals surface area contributed by atoms with Crippen LogP contribution in [0.1, 0.15) is 11.9 Å². The SMILES string of the molecule is OC[C@@H](O)[C@@H](O)[C@H](O)[C@H](O)c1nnc2nc(-c3ccccc3)c(-c3ccccc3)nn12. The standard InChI is InChI=1S/C21H21N5O5/c27-11-14(28)17(29)18(30)19(31)20-23-24-21-22-15(12-7-3-1-4-8-12)16(25-26(20)21)13-9-5-2-6-10-13/h1-10,14,17-19,27-31H,11H2/t14-,17-,18+,19+/m1/s1. The molecule has 0 spiro atoms. The molecule has 4 rings (SSSR count). The van der Waals surface area contributed by atoms with E-state index in [1.54, 1.807) is 0 Å². The lowest BCUT2D eigenvalue weighted by molar-refractivity contribution is -0.118. The van der Waals surface area contributed by atoms with Gasteiger partial charge in [-0.25, -0.2) is 4.98 Å². The summed E-state index contributed by atoms with van der Waals surface area (Å²) in [7, 11) is 0. The van der Waals surface area contributed by atoms with Crippen LogP contribution in [0.25, 0.3) is 28.3 Å². The van der Waals surface area contributed by atoms with Gasteiger partial charge in [0.25, 0.3) is 5.78 Å². The number of aliphatic hydroxyl groups excluding tert-OH is 5. The van der Waals surface area contributed by atoms with E-state index in [9.17, 15) is 20.4 Å². The Balaban J connectivity index is 1.84. The van der Waals surface area contributed by atoms with E-state index in [0.717, 1.165) is 11.1 Å². The molecule has 5 N–H and O–H groups in total. The van der Waals surface area contributed by atoms with Gasteiger partial charge < -0.3 is 25.5 Å². The molecule has 2 aromatic carbocycles. The summed E-state index contributed by atoms with van der Waals surface area (Å²) < 4.78 is 1.18. The van der Waals surface area contributed by atoms with Crippen LogP contribution in [0.15, 0.2) is 60.7 Å². The molecule has 0 unspecified atom stereocenters. The maximum atomic E-state index is 10.5. The third-order valence-electron chi connectivity index (χ3n) is 4.90. The van der Waals surface area contributed by atoms with Gasteiger partial charge in [-0.2, -0.15) is 9.61 Å². The zero-order valence-corrected chi connectivity index (χ0v) is 16.3. The van der Waals surface area contributed by atoms with Crippen LogP contribution in [-0.4, -0.2) is 75.2 Å². The van der Waals surface area contributed by atoms with Gasteiger partial charge in [-0.15, -0.1) is 10.2 Å². The summed E-state index contributed by atoms with van der Waals surface area (Å²) in [5.41, 5.74) is 2.63. The van der Waals surface area contributed by atoms with Crippen LogP contribution >= 0.6 is 0 Å². The topological polar surface area (TPSA) is 157 Å². The van der Waals surface area contributed by atoms with E-state index in [1.807, 2.05) is 60.7 Å². The van der Waals surface area contributed by atoms with Crippen LogP contribution in [0.4, 0.5) is 0 Å². The third kappa shape index (κ3) is 4.02. The van der Waals surface area contributed by atoms with Gasteiger partial charge in [0.2, 0.25) is 0 Å². The van der Waals surface area contributed by atoms with Crippen LogP contribution < -0.4 is 0 Å². The largest absolute Gasteiger partial charge is 0.394 e. The van der Waals surface area contributed by atoms with Gasteiger partial charge in [-0.1, -0.05) is 60.7 Å². The molecule has 31 heavy (non-hydrogen) atoms. The second-order valence-corrected chi connectivity index (χ2v) is 6.99. The average Bonchev–Trinajstić information content (AvgIpc) is 3.25. The van der Waals surface area contributed by atoms with Gasteiger partial charge in [0, 0.05) is 11.1 Å². The average molecular weight is 423 g/mol. The Bertz CT molecular complexity index is 1160. The van der Waals surface area contributed by atoms with E-state index >= 15 is 0 Å². The molecule has 0 radical (unpaired) electrons. The van der Waals surface area contributed by atoms with Crippen LogP contribution in [0, 0.1) is 0 Å². The molecule has 2 aromatic heterocycles. The fourth-order valence-corrected chi connectivity index (χ4v) is 3.20. The van der Waals surface area contributed by atoms with E-state index in [2.05, 4.69) is 20.3 Å². The van der Waals surface area contributed by atoms with Crippen molar-refractivity contribution in [3.05, 3.63) is 66.5 Å². The predicted molar refractivity (Wildman–Crippen MR) is 110 cm³/mol. The minimum Gasteiger partial charge on any atom is -0.394 e. The Labute approximate surface area is 176 Å². The highest BCUT2D eigenvalue weighted by Gasteiger charge is 2.34. The number of rotatable bonds is 7. The molecule has 0 saturated carbocycles. The molecular weight excluding hydrogens is 402 g/mol. The number of hydrogen-bond acceptors (Lipinski definition) is 9. The number of nitrogens with zero attached hydrogens (tertiary/aromatic N) is 5. The molecule has 0 aliphatic carbocycles. The summed E-state index contributed by atoms with van der Waals surface area (Å²) in [4.78, 5) is 4.56. The van der Waals surface area contributed by atoms with Crippen molar-refractivity contribution in [1.82, 2.24) is 24.8 Å². The van der Waals surface area contributed by atoms with Crippen molar-refractivity contribution in [3.63, 3.8) is 0 Å². The van der Waals surface area contributed by atoms with Crippen molar-refractivity contribution >= 4 is 5.78 Å². The molecule has 160 valence electrons. The maximum absolute atomic E-state index is 10.5. The molecule has 2 heterocycles. The van der Waals surface area contributed by atoms with Crippen molar-refractivity contribution in [1.29, 1.82) is 0 Å². The zero-order chi connectivity index (χ0) is 22.0. The molecule has 0 bridgehead atoms. The number of benzene rings is 2. The highest BCUT2D eigenvalue weighted by Crippen LogP contribution is 2.29. The van der Waals surface area contributed by atoms with Crippen molar-refractivity contribution in [2.75, 3.05) is 6.61 Å². The molecule has 4 aromatic rings. The molecule has 0 fully saturated rings. The van der Waals surface area contributed by atoms with Gasteiger partial charge in [0.05, 0.1) is 6.61 Å². The molecule has 4 atom stereocenters. The van der Waals surface area contributed by atoms with Gasteiger partial charge in [0.1, 0.15) is 35.8 Å². The smallest absolute Gasteiger partial charge is 0.272 e. The summed E-state index contributed by atoms with van der Waals surface area (Å²) in [6.07, 6.45) is -7.03. The van der Waals surface area contributed by atoms with Crippen LogP contribution in [0.5, 0.6) is 0 Å². The number of aromatic nitrogens is 5. The Kier molecular flexibility index (Phi) is 5.98. The highest BCUT2D eigenvalue weighted by molar-refractivity contribution is 5.78. The first-order chi connectivity index (χ1) is 15.0. The Morgan fingerprint density at radius 3 is 1.90 bits per heavy atom. The Morgan fingerprint density at radius 1 is 0.742 bits per heavy atom. The monoisotopic (exact) mass is 423 g/mol. The number of fused-ring (bicyclic) bond motifs is 1. The molecule has 0 saturated heterocycles. The lowest BCUT2D eigenvalue weighted by atomic mass is 10.0. The minimum absolute atomic E-state index is 0.0805. The molecular formula is C21H21N5O5. The van der Waals surface area contributed by atoms with Crippen LogP contribution in [0.3, 0.4) is 0 Å². The van der Waals surface area contributed by atoms with Crippen molar-refractivity contribution in [3.8, 4) is 22.5 Å². The predicted octanol–water partition coefficient (Wildman–Crippen LogP) is -0.0383. The maximum Gasteiger partial charge on any atom is 0.272 e. The lowest BCUT2D eigenvalue weighted by Gasteiger charge is -2.24. The minimum atomic E-state index is -1.84. The van der Waals surface area contributed by atoms with Crippen molar-refractivity contribution in [2.24, 2.45) is 0 Å². The van der Waals surface area contributed by atoms with E-state index in [-0.39, 0.29) is 11.6 Å². The van der Waals surface area contributed by atoms with Crippen molar-refractivity contribution < 1.29 is 25.5 Å². The molecule has 10 heteroatoms. The molecule has 10 nitrogen and oxygen atoms in total. The third-order valence-corrected chi connectivity index (χ3v) is 4.90. The van der Waals surface area contributed by atoms with Gasteiger partial charge in [-0.05, 0) is 0 Å². The van der Waals surface area contributed by atoms with Gasteiger partial charge in [-0.3, -0.25) is 0 Å². The van der Waals surface area contributed by atoms with Gasteiger partial charge in [0.15, 0.2) is 5.82 Å². The normalized spacial score (nSPS) is 15.5. The zero-order valence-electron chi connectivity index (χ0n) is 16.3. The second kappa shape index (κ2) is 8.84. The van der Waals surface area contributed by atoms with E-state index in [4.69, 9.17) is 5.11 Å². The van der Waals surface area contributed by atoms with Gasteiger partial charge >= 0.3 is 0 Å². The van der Waals surface area contributed by atoms with Crippen molar-refractivity contribution in [2.45, 2.75) is 24.4 Å². The number of aliphatic hydroxyl groups is 5. The quantitative estimate of drug-likeness (QED) is 0.275. The Morgan fingerprint density at radius 2 is 1.32 bits per heavy atom. The molecule has 0 amide bonds. The lowest BCUT2D eigenvalue weighted by Crippen LogP contribution is -2.43. The summed E-state index contributed by atoms with van der Waals surface area (Å²) in [6.45, 7) is -0.788. The molecule has 0 aliphatic rings. The summed E-state index contributed by atoms with van der Waals surface area (Å²) >= 11 is 0. The fraction of sp³-hybridized carbons (Fsp3) is 0.238. The summed E-state index contributed by atoms with van der Waals surface area (Å²) in [5.74, 6) is -0.0898. The first kappa shape index (κ1) is 21.0. The van der Waals surface area contributed by atoms with Crippen LogP contribution in [0.2, 0.25) is 0 Å². The van der Waals surface area contributed by atoms with E-state index in [0.29, 0.717) is 11.4 Å². The fourth-order valence-electron chi connectivity index (χ4n) is 3.20.